The molecule has 0 bridgehead atoms. The number of urea groups is 1. The number of nitrogens with one attached hydrogen (secondary N) is 1. The average Bonchev–Trinajstić information content (AvgIpc) is 2.70. The molecule has 1 fully saturated rings. The van der Waals surface area contributed by atoms with E-state index < -0.39 is 0 Å². The van der Waals surface area contributed by atoms with Crippen molar-refractivity contribution in [2.45, 2.75) is 19.9 Å². The molecule has 0 spiro atoms. The Kier molecular flexibility index (Phi) is 3.61. The minimum absolute atomic E-state index is 0.107. The van der Waals surface area contributed by atoms with Gasteiger partial charge in [-0.3, -0.25) is 0 Å². The van der Waals surface area contributed by atoms with E-state index in [1.165, 1.54) is 4.90 Å². The topological polar surface area (TPSA) is 65.4 Å². The van der Waals surface area contributed by atoms with Crippen molar-refractivity contribution in [2.75, 3.05) is 20.2 Å². The van der Waals surface area contributed by atoms with Gasteiger partial charge in [0.25, 0.3) is 0 Å². The zero-order chi connectivity index (χ0) is 14.0. The van der Waals surface area contributed by atoms with Gasteiger partial charge in [-0.2, -0.15) is 5.26 Å². The number of hydrogen-bond donors (Lipinski definition) is 1. The molecule has 0 aliphatic carbocycles. The van der Waals surface area contributed by atoms with E-state index in [4.69, 9.17) is 10.00 Å². The van der Waals surface area contributed by atoms with Crippen LogP contribution in [0.1, 0.15) is 22.7 Å². The van der Waals surface area contributed by atoms with E-state index >= 15 is 0 Å². The Morgan fingerprint density at radius 2 is 2.26 bits per heavy atom. The first-order chi connectivity index (χ1) is 9.06. The number of carbonyl (C=O) groups excluding carboxylic acids is 1. The summed E-state index contributed by atoms with van der Waals surface area (Å²) in [6, 6.07) is 5.73. The van der Waals surface area contributed by atoms with Gasteiger partial charge < -0.3 is 15.0 Å². The van der Waals surface area contributed by atoms with Crippen LogP contribution in [0.25, 0.3) is 0 Å². The predicted molar refractivity (Wildman–Crippen MR) is 70.9 cm³/mol. The minimum Gasteiger partial charge on any atom is -0.496 e. The van der Waals surface area contributed by atoms with Crippen LogP contribution in [0.5, 0.6) is 5.75 Å². The summed E-state index contributed by atoms with van der Waals surface area (Å²) in [4.78, 5) is 13.2. The quantitative estimate of drug-likeness (QED) is 0.843. The molecule has 0 saturated carbocycles. The summed E-state index contributed by atoms with van der Waals surface area (Å²) in [6.45, 7) is 4.60. The van der Waals surface area contributed by atoms with Gasteiger partial charge in [0.1, 0.15) is 12.3 Å². The third-order valence-electron chi connectivity index (χ3n) is 3.28. The fourth-order valence-electron chi connectivity index (χ4n) is 2.51. The summed E-state index contributed by atoms with van der Waals surface area (Å²) >= 11 is 0. The van der Waals surface area contributed by atoms with Crippen LogP contribution in [0.3, 0.4) is 0 Å². The van der Waals surface area contributed by atoms with Crippen LogP contribution in [0, 0.1) is 25.2 Å². The smallest absolute Gasteiger partial charge is 0.318 e. The van der Waals surface area contributed by atoms with Crippen molar-refractivity contribution in [1.82, 2.24) is 10.2 Å². The number of nitriles is 1. The Morgan fingerprint density at radius 1 is 1.53 bits per heavy atom. The van der Waals surface area contributed by atoms with E-state index in [2.05, 4.69) is 5.32 Å². The van der Waals surface area contributed by atoms with Gasteiger partial charge in [0.05, 0.1) is 19.2 Å². The number of rotatable bonds is 3. The molecule has 1 aromatic rings. The molecule has 19 heavy (non-hydrogen) atoms. The van der Waals surface area contributed by atoms with Crippen molar-refractivity contribution in [3.8, 4) is 11.8 Å². The van der Waals surface area contributed by atoms with E-state index in [-0.39, 0.29) is 18.6 Å². The number of amides is 2. The molecule has 0 aromatic heterocycles. The van der Waals surface area contributed by atoms with Gasteiger partial charge in [-0.25, -0.2) is 4.79 Å². The van der Waals surface area contributed by atoms with Crippen LogP contribution in [0.2, 0.25) is 0 Å². The molecule has 1 unspecified atom stereocenters. The molecule has 1 aliphatic heterocycles. The Morgan fingerprint density at radius 3 is 2.89 bits per heavy atom. The summed E-state index contributed by atoms with van der Waals surface area (Å²) < 4.78 is 5.44. The third-order valence-corrected chi connectivity index (χ3v) is 3.28. The standard InChI is InChI=1S/C14H17N3O2/c1-9-6-10(2)13(19-3)11(7-9)12-8-17(5-4-15)14(18)16-12/h6-7,12H,5,8H2,1-3H3,(H,16,18). The lowest BCUT2D eigenvalue weighted by Gasteiger charge is -2.17. The van der Waals surface area contributed by atoms with Crippen LogP contribution in [-0.4, -0.2) is 31.1 Å². The van der Waals surface area contributed by atoms with Crippen LogP contribution >= 0.6 is 0 Å². The van der Waals surface area contributed by atoms with Gasteiger partial charge >= 0.3 is 6.03 Å². The number of nitrogens with zero attached hydrogens (tertiary/aromatic N) is 2. The Balaban J connectivity index is 2.33. The molecule has 2 amide bonds. The number of aryl methyl sites for hydroxylation is 2. The molecule has 1 aliphatic rings. The SMILES string of the molecule is COc1c(C)cc(C)cc1C1CN(CC#N)C(=O)N1. The highest BCUT2D eigenvalue weighted by Gasteiger charge is 2.31. The van der Waals surface area contributed by atoms with Crippen LogP contribution < -0.4 is 10.1 Å². The summed E-state index contributed by atoms with van der Waals surface area (Å²) in [5.41, 5.74) is 3.14. The Hall–Kier alpha value is -2.22. The van der Waals surface area contributed by atoms with Crippen molar-refractivity contribution in [2.24, 2.45) is 0 Å². The molecular weight excluding hydrogens is 242 g/mol. The normalized spacial score (nSPS) is 18.1. The van der Waals surface area contributed by atoms with Crippen molar-refractivity contribution in [3.05, 3.63) is 28.8 Å². The van der Waals surface area contributed by atoms with Crippen molar-refractivity contribution < 1.29 is 9.53 Å². The highest BCUT2D eigenvalue weighted by atomic mass is 16.5. The van der Waals surface area contributed by atoms with Gasteiger partial charge in [0.15, 0.2) is 0 Å². The number of methoxy groups -OCH3 is 1. The molecule has 0 radical (unpaired) electrons. The molecule has 1 saturated heterocycles. The summed E-state index contributed by atoms with van der Waals surface area (Å²) in [6.07, 6.45) is 0. The van der Waals surface area contributed by atoms with E-state index in [0.717, 1.165) is 22.4 Å². The molecule has 1 aromatic carbocycles. The van der Waals surface area contributed by atoms with Crippen LogP contribution in [0.15, 0.2) is 12.1 Å². The molecular formula is C14H17N3O2. The molecule has 5 heteroatoms. The highest BCUT2D eigenvalue weighted by molar-refractivity contribution is 5.77. The first-order valence-corrected chi connectivity index (χ1v) is 6.14. The van der Waals surface area contributed by atoms with Gasteiger partial charge in [-0.05, 0) is 19.4 Å². The van der Waals surface area contributed by atoms with E-state index in [9.17, 15) is 4.79 Å². The largest absolute Gasteiger partial charge is 0.496 e. The summed E-state index contributed by atoms with van der Waals surface area (Å²) in [5.74, 6) is 0.801. The Bertz CT molecular complexity index is 548. The zero-order valence-corrected chi connectivity index (χ0v) is 11.4. The third kappa shape index (κ3) is 2.48. The molecule has 1 N–H and O–H groups in total. The number of benzene rings is 1. The van der Waals surface area contributed by atoms with Crippen molar-refractivity contribution >= 4 is 6.03 Å². The van der Waals surface area contributed by atoms with Gasteiger partial charge in [0, 0.05) is 12.1 Å². The lowest BCUT2D eigenvalue weighted by Crippen LogP contribution is -2.28. The fraction of sp³-hybridized carbons (Fsp3) is 0.429. The minimum atomic E-state index is -0.201. The van der Waals surface area contributed by atoms with Gasteiger partial charge in [-0.15, -0.1) is 0 Å². The van der Waals surface area contributed by atoms with Gasteiger partial charge in [0.2, 0.25) is 0 Å². The number of hydrogen-bond acceptors (Lipinski definition) is 3. The molecule has 1 heterocycles. The molecule has 1 atom stereocenters. The maximum atomic E-state index is 11.7. The van der Waals surface area contributed by atoms with E-state index in [1.54, 1.807) is 7.11 Å². The molecule has 100 valence electrons. The highest BCUT2D eigenvalue weighted by Crippen LogP contribution is 2.32. The van der Waals surface area contributed by atoms with Gasteiger partial charge in [-0.1, -0.05) is 17.7 Å². The number of ether oxygens (including phenoxy) is 1. The van der Waals surface area contributed by atoms with Crippen molar-refractivity contribution in [3.63, 3.8) is 0 Å². The number of carbonyl (C=O) groups is 1. The average molecular weight is 259 g/mol. The predicted octanol–water partition coefficient (Wildman–Crippen LogP) is 1.90. The monoisotopic (exact) mass is 259 g/mol. The fourth-order valence-corrected chi connectivity index (χ4v) is 2.51. The molecule has 5 nitrogen and oxygen atoms in total. The van der Waals surface area contributed by atoms with Crippen molar-refractivity contribution in [1.29, 1.82) is 5.26 Å². The summed E-state index contributed by atoms with van der Waals surface area (Å²) in [7, 11) is 1.63. The second kappa shape index (κ2) is 5.19. The van der Waals surface area contributed by atoms with E-state index in [1.807, 2.05) is 32.0 Å². The first-order valence-electron chi connectivity index (χ1n) is 6.14. The maximum absolute atomic E-state index is 11.7. The van der Waals surface area contributed by atoms with Crippen LogP contribution in [-0.2, 0) is 0 Å². The van der Waals surface area contributed by atoms with Crippen LogP contribution in [0.4, 0.5) is 4.79 Å². The lowest BCUT2D eigenvalue weighted by molar-refractivity contribution is 0.222. The Labute approximate surface area is 112 Å². The second-order valence-electron chi connectivity index (χ2n) is 4.75. The lowest BCUT2D eigenvalue weighted by atomic mass is 10.00. The maximum Gasteiger partial charge on any atom is 0.318 e. The zero-order valence-electron chi connectivity index (χ0n) is 11.4. The second-order valence-corrected chi connectivity index (χ2v) is 4.75. The van der Waals surface area contributed by atoms with E-state index in [0.29, 0.717) is 6.54 Å². The first kappa shape index (κ1) is 13.2. The summed E-state index contributed by atoms with van der Waals surface area (Å²) in [5, 5.41) is 11.6. The molecule has 2 rings (SSSR count).